The van der Waals surface area contributed by atoms with Crippen molar-refractivity contribution in [2.45, 2.75) is 33.1 Å². The van der Waals surface area contributed by atoms with Crippen molar-refractivity contribution in [3.05, 3.63) is 17.0 Å². The molecule has 5 nitrogen and oxygen atoms in total. The number of nitrogens with one attached hydrogen (secondary N) is 1. The zero-order valence-electron chi connectivity index (χ0n) is 11.1. The number of amides is 1. The summed E-state index contributed by atoms with van der Waals surface area (Å²) < 4.78 is 0. The number of carbonyl (C=O) groups is 1. The van der Waals surface area contributed by atoms with Gasteiger partial charge in [-0.05, 0) is 32.6 Å². The molecule has 0 aliphatic carbocycles. The lowest BCUT2D eigenvalue weighted by Gasteiger charge is -2.32. The minimum atomic E-state index is 0.140. The molecule has 0 saturated carbocycles. The topological polar surface area (TPSA) is 69.2 Å². The molecule has 5 heteroatoms. The lowest BCUT2D eigenvalue weighted by atomic mass is 9.98. The van der Waals surface area contributed by atoms with E-state index in [-0.39, 0.29) is 18.4 Å². The Bertz CT molecular complexity index is 408. The van der Waals surface area contributed by atoms with E-state index in [0.717, 1.165) is 36.3 Å². The van der Waals surface area contributed by atoms with Gasteiger partial charge in [0.2, 0.25) is 5.91 Å². The average molecular weight is 251 g/mol. The number of aliphatic hydroxyl groups is 1. The molecule has 1 amide bonds. The molecule has 1 aromatic heterocycles. The predicted octanol–water partition coefficient (Wildman–Crippen LogP) is 0.800. The molecule has 1 fully saturated rings. The van der Waals surface area contributed by atoms with Crippen LogP contribution >= 0.6 is 0 Å². The third-order valence-electron chi connectivity index (χ3n) is 3.74. The van der Waals surface area contributed by atoms with Crippen LogP contribution in [-0.4, -0.2) is 45.8 Å². The zero-order valence-corrected chi connectivity index (χ0v) is 11.1. The van der Waals surface area contributed by atoms with Crippen LogP contribution in [0, 0.1) is 19.8 Å². The number of carbonyl (C=O) groups excluding carboxylic acids is 1. The molecular formula is C13H21N3O2. The van der Waals surface area contributed by atoms with Crippen molar-refractivity contribution in [3.63, 3.8) is 0 Å². The Morgan fingerprint density at radius 1 is 1.56 bits per heavy atom. The Labute approximate surface area is 107 Å². The number of hydrogen-bond acceptors (Lipinski definition) is 3. The Balaban J connectivity index is 1.99. The van der Waals surface area contributed by atoms with Crippen molar-refractivity contribution in [1.29, 1.82) is 0 Å². The summed E-state index contributed by atoms with van der Waals surface area (Å²) in [4.78, 5) is 14.1. The van der Waals surface area contributed by atoms with Crippen LogP contribution in [-0.2, 0) is 11.2 Å². The normalized spacial score (nSPS) is 20.2. The molecular weight excluding hydrogens is 230 g/mol. The van der Waals surface area contributed by atoms with Crippen LogP contribution in [0.15, 0.2) is 0 Å². The first-order chi connectivity index (χ1) is 8.61. The Morgan fingerprint density at radius 2 is 2.33 bits per heavy atom. The molecule has 1 aliphatic heterocycles. The quantitative estimate of drug-likeness (QED) is 0.835. The highest BCUT2D eigenvalue weighted by molar-refractivity contribution is 5.79. The molecule has 1 unspecified atom stereocenters. The van der Waals surface area contributed by atoms with Crippen LogP contribution in [0.25, 0.3) is 0 Å². The van der Waals surface area contributed by atoms with E-state index >= 15 is 0 Å². The van der Waals surface area contributed by atoms with Crippen molar-refractivity contribution in [2.24, 2.45) is 5.92 Å². The number of piperidine rings is 1. The first-order valence-corrected chi connectivity index (χ1v) is 6.51. The Hall–Kier alpha value is -1.36. The summed E-state index contributed by atoms with van der Waals surface area (Å²) in [6.45, 7) is 5.53. The molecule has 0 spiro atoms. The molecule has 100 valence electrons. The molecule has 2 heterocycles. The molecule has 1 aromatic rings. The summed E-state index contributed by atoms with van der Waals surface area (Å²) in [7, 11) is 0. The van der Waals surface area contributed by atoms with Gasteiger partial charge < -0.3 is 10.0 Å². The van der Waals surface area contributed by atoms with Crippen LogP contribution in [0.5, 0.6) is 0 Å². The summed E-state index contributed by atoms with van der Waals surface area (Å²) in [5.74, 6) is 0.384. The highest BCUT2D eigenvalue weighted by Crippen LogP contribution is 2.18. The van der Waals surface area contributed by atoms with Crippen LogP contribution in [0.3, 0.4) is 0 Å². The second-order valence-corrected chi connectivity index (χ2v) is 5.12. The van der Waals surface area contributed by atoms with E-state index in [1.807, 2.05) is 18.7 Å². The highest BCUT2D eigenvalue weighted by atomic mass is 16.3. The highest BCUT2D eigenvalue weighted by Gasteiger charge is 2.24. The van der Waals surface area contributed by atoms with E-state index in [1.54, 1.807) is 0 Å². The van der Waals surface area contributed by atoms with Crippen LogP contribution in [0.4, 0.5) is 0 Å². The lowest BCUT2D eigenvalue weighted by Crippen LogP contribution is -2.41. The second kappa shape index (κ2) is 5.52. The van der Waals surface area contributed by atoms with Crippen molar-refractivity contribution in [3.8, 4) is 0 Å². The molecule has 0 bridgehead atoms. The molecule has 1 saturated heterocycles. The van der Waals surface area contributed by atoms with E-state index in [4.69, 9.17) is 0 Å². The number of nitrogens with zero attached hydrogens (tertiary/aromatic N) is 2. The van der Waals surface area contributed by atoms with Gasteiger partial charge in [-0.25, -0.2) is 0 Å². The van der Waals surface area contributed by atoms with Gasteiger partial charge in [0.15, 0.2) is 0 Å². The Kier molecular flexibility index (Phi) is 4.01. The largest absolute Gasteiger partial charge is 0.396 e. The number of aryl methyl sites for hydroxylation is 2. The molecule has 0 radical (unpaired) electrons. The van der Waals surface area contributed by atoms with E-state index in [0.29, 0.717) is 13.0 Å². The average Bonchev–Trinajstić information content (AvgIpc) is 2.70. The smallest absolute Gasteiger partial charge is 0.227 e. The minimum Gasteiger partial charge on any atom is -0.396 e. The van der Waals surface area contributed by atoms with Crippen LogP contribution in [0.2, 0.25) is 0 Å². The van der Waals surface area contributed by atoms with E-state index in [1.165, 1.54) is 0 Å². The van der Waals surface area contributed by atoms with Gasteiger partial charge in [-0.1, -0.05) is 0 Å². The van der Waals surface area contributed by atoms with Crippen LogP contribution < -0.4 is 0 Å². The summed E-state index contributed by atoms with van der Waals surface area (Å²) in [5.41, 5.74) is 2.87. The van der Waals surface area contributed by atoms with Crippen LogP contribution in [0.1, 0.15) is 29.8 Å². The molecule has 0 aromatic carbocycles. The second-order valence-electron chi connectivity index (χ2n) is 5.12. The van der Waals surface area contributed by atoms with E-state index in [2.05, 4.69) is 10.2 Å². The van der Waals surface area contributed by atoms with E-state index < -0.39 is 0 Å². The van der Waals surface area contributed by atoms with Crippen molar-refractivity contribution < 1.29 is 9.90 Å². The number of likely N-dealkylation sites (tertiary alicyclic amines) is 1. The monoisotopic (exact) mass is 251 g/mol. The number of hydrogen-bond donors (Lipinski definition) is 2. The fraction of sp³-hybridized carbons (Fsp3) is 0.692. The van der Waals surface area contributed by atoms with Crippen molar-refractivity contribution in [2.75, 3.05) is 19.7 Å². The van der Waals surface area contributed by atoms with Crippen molar-refractivity contribution >= 4 is 5.91 Å². The van der Waals surface area contributed by atoms with Gasteiger partial charge in [0.1, 0.15) is 0 Å². The third kappa shape index (κ3) is 2.72. The minimum absolute atomic E-state index is 0.140. The van der Waals surface area contributed by atoms with Gasteiger partial charge in [0.05, 0.1) is 12.1 Å². The molecule has 2 N–H and O–H groups in total. The maximum Gasteiger partial charge on any atom is 0.227 e. The first kappa shape index (κ1) is 13.1. The summed E-state index contributed by atoms with van der Waals surface area (Å²) in [5, 5.41) is 16.2. The standard InChI is InChI=1S/C13H21N3O2/c1-9-12(10(2)15-14-9)6-13(18)16-5-3-4-11(7-16)8-17/h11,17H,3-8H2,1-2H3,(H,14,15). The summed E-state index contributed by atoms with van der Waals surface area (Å²) in [6.07, 6.45) is 2.41. The van der Waals surface area contributed by atoms with Gasteiger partial charge >= 0.3 is 0 Å². The van der Waals surface area contributed by atoms with Gasteiger partial charge in [-0.15, -0.1) is 0 Å². The number of aromatic amines is 1. The third-order valence-corrected chi connectivity index (χ3v) is 3.74. The fourth-order valence-corrected chi connectivity index (χ4v) is 2.54. The molecule has 1 aliphatic rings. The number of H-pyrrole nitrogens is 1. The summed E-state index contributed by atoms with van der Waals surface area (Å²) in [6, 6.07) is 0. The number of aliphatic hydroxyl groups excluding tert-OH is 1. The van der Waals surface area contributed by atoms with Gasteiger partial charge in [0, 0.05) is 31.0 Å². The summed E-state index contributed by atoms with van der Waals surface area (Å²) >= 11 is 0. The van der Waals surface area contributed by atoms with Crippen molar-refractivity contribution in [1.82, 2.24) is 15.1 Å². The number of rotatable bonds is 3. The molecule has 1 atom stereocenters. The van der Waals surface area contributed by atoms with Gasteiger partial charge in [0.25, 0.3) is 0 Å². The molecule has 2 rings (SSSR count). The maximum atomic E-state index is 12.2. The van der Waals surface area contributed by atoms with Gasteiger partial charge in [-0.3, -0.25) is 9.89 Å². The fourth-order valence-electron chi connectivity index (χ4n) is 2.54. The first-order valence-electron chi connectivity index (χ1n) is 6.51. The zero-order chi connectivity index (χ0) is 13.1. The SMILES string of the molecule is Cc1n[nH]c(C)c1CC(=O)N1CCCC(CO)C1. The molecule has 18 heavy (non-hydrogen) atoms. The lowest BCUT2D eigenvalue weighted by molar-refractivity contribution is -0.132. The van der Waals surface area contributed by atoms with Gasteiger partial charge in [-0.2, -0.15) is 5.10 Å². The number of aromatic nitrogens is 2. The predicted molar refractivity (Wildman–Crippen MR) is 68.2 cm³/mol. The Morgan fingerprint density at radius 3 is 2.94 bits per heavy atom. The van der Waals surface area contributed by atoms with E-state index in [9.17, 15) is 9.90 Å². The maximum absolute atomic E-state index is 12.2.